The Kier molecular flexibility index (Phi) is 5.28. The lowest BCUT2D eigenvalue weighted by Crippen LogP contribution is -2.25. The Bertz CT molecular complexity index is 969. The first-order valence-electron chi connectivity index (χ1n) is 8.67. The number of nitriles is 1. The van der Waals surface area contributed by atoms with E-state index in [0.29, 0.717) is 11.3 Å². The van der Waals surface area contributed by atoms with Gasteiger partial charge in [-0.25, -0.2) is 4.79 Å². The van der Waals surface area contributed by atoms with Crippen LogP contribution in [0.3, 0.4) is 0 Å². The molecule has 0 fully saturated rings. The van der Waals surface area contributed by atoms with Crippen LogP contribution in [0.25, 0.3) is 5.76 Å². The highest BCUT2D eigenvalue weighted by Gasteiger charge is 2.38. The molecule has 2 N–H and O–H groups in total. The van der Waals surface area contributed by atoms with Gasteiger partial charge in [0.2, 0.25) is 5.88 Å². The summed E-state index contributed by atoms with van der Waals surface area (Å²) in [5.41, 5.74) is 9.04. The number of nitrogens with two attached hydrogens (primary N) is 1. The van der Waals surface area contributed by atoms with E-state index in [2.05, 4.69) is 6.07 Å². The van der Waals surface area contributed by atoms with Crippen LogP contribution in [0.2, 0.25) is 0 Å². The van der Waals surface area contributed by atoms with Gasteiger partial charge in [-0.05, 0) is 19.4 Å². The Morgan fingerprint density at radius 1 is 1.22 bits per heavy atom. The minimum atomic E-state index is -0.655. The third-order valence-electron chi connectivity index (χ3n) is 4.33. The van der Waals surface area contributed by atoms with E-state index in [4.69, 9.17) is 15.2 Å². The lowest BCUT2D eigenvalue weighted by Gasteiger charge is -2.28. The zero-order valence-electron chi connectivity index (χ0n) is 15.2. The molecule has 1 atom stereocenters. The first kappa shape index (κ1) is 18.3. The number of carbonyl (C=O) groups excluding carboxylic acids is 1. The molecular weight excluding hydrogens is 340 g/mol. The van der Waals surface area contributed by atoms with Crippen molar-refractivity contribution in [1.82, 2.24) is 0 Å². The third kappa shape index (κ3) is 3.56. The van der Waals surface area contributed by atoms with Gasteiger partial charge in [0.1, 0.15) is 17.4 Å². The fourth-order valence-electron chi connectivity index (χ4n) is 3.16. The molecule has 0 radical (unpaired) electrons. The maximum Gasteiger partial charge on any atom is 0.338 e. The second-order valence-electron chi connectivity index (χ2n) is 6.17. The van der Waals surface area contributed by atoms with Crippen LogP contribution < -0.4 is 5.73 Å². The molecule has 1 unspecified atom stereocenters. The molecule has 0 spiro atoms. The number of ether oxygens (including phenoxy) is 2. The summed E-state index contributed by atoms with van der Waals surface area (Å²) in [4.78, 5) is 12.9. The number of esters is 1. The zero-order chi connectivity index (χ0) is 19.4. The van der Waals surface area contributed by atoms with Crippen molar-refractivity contribution in [3.63, 3.8) is 0 Å². The Balaban J connectivity index is 2.28. The van der Waals surface area contributed by atoms with E-state index in [0.717, 1.165) is 11.1 Å². The molecule has 1 aliphatic rings. The number of hydrogen-bond donors (Lipinski definition) is 1. The molecule has 0 saturated heterocycles. The molecule has 27 heavy (non-hydrogen) atoms. The number of carbonyl (C=O) groups is 1. The van der Waals surface area contributed by atoms with Crippen molar-refractivity contribution in [1.29, 1.82) is 5.26 Å². The van der Waals surface area contributed by atoms with E-state index >= 15 is 0 Å². The largest absolute Gasteiger partial charge is 0.463 e. The van der Waals surface area contributed by atoms with E-state index < -0.39 is 11.9 Å². The molecule has 0 bridgehead atoms. The molecule has 0 amide bonds. The molecule has 0 saturated carbocycles. The number of rotatable bonds is 4. The number of hydrogen-bond acceptors (Lipinski definition) is 5. The van der Waals surface area contributed by atoms with Crippen LogP contribution in [0.4, 0.5) is 0 Å². The number of aryl methyl sites for hydroxylation is 1. The van der Waals surface area contributed by atoms with Gasteiger partial charge in [0.25, 0.3) is 0 Å². The highest BCUT2D eigenvalue weighted by Crippen LogP contribution is 2.42. The lowest BCUT2D eigenvalue weighted by atomic mass is 9.81. The van der Waals surface area contributed by atoms with Crippen LogP contribution in [-0.4, -0.2) is 12.6 Å². The van der Waals surface area contributed by atoms with Crippen molar-refractivity contribution >= 4 is 11.7 Å². The van der Waals surface area contributed by atoms with Crippen LogP contribution in [0.15, 0.2) is 71.6 Å². The molecule has 2 aromatic carbocycles. The van der Waals surface area contributed by atoms with Crippen LogP contribution in [-0.2, 0) is 14.3 Å². The van der Waals surface area contributed by atoms with Crippen molar-refractivity contribution in [2.45, 2.75) is 19.8 Å². The Morgan fingerprint density at radius 3 is 2.59 bits per heavy atom. The van der Waals surface area contributed by atoms with Gasteiger partial charge >= 0.3 is 5.97 Å². The maximum atomic E-state index is 12.9. The lowest BCUT2D eigenvalue weighted by molar-refractivity contribution is -0.138. The van der Waals surface area contributed by atoms with Crippen LogP contribution in [0.5, 0.6) is 0 Å². The van der Waals surface area contributed by atoms with E-state index in [1.165, 1.54) is 0 Å². The second kappa shape index (κ2) is 7.79. The summed E-state index contributed by atoms with van der Waals surface area (Å²) in [7, 11) is 0. The van der Waals surface area contributed by atoms with Crippen molar-refractivity contribution in [2.24, 2.45) is 5.73 Å². The van der Waals surface area contributed by atoms with Crippen LogP contribution >= 0.6 is 0 Å². The van der Waals surface area contributed by atoms with Gasteiger partial charge in [-0.2, -0.15) is 5.26 Å². The molecule has 1 heterocycles. The third-order valence-corrected chi connectivity index (χ3v) is 4.33. The van der Waals surface area contributed by atoms with E-state index in [9.17, 15) is 10.1 Å². The fraction of sp³-hybridized carbons (Fsp3) is 0.182. The van der Waals surface area contributed by atoms with Gasteiger partial charge in [0.05, 0.1) is 18.1 Å². The van der Waals surface area contributed by atoms with Crippen LogP contribution in [0.1, 0.15) is 29.5 Å². The standard InChI is InChI=1S/C22H20N2O3/c1-3-26-22(25)19-18(16-11-7-8-14(2)12-16)17(13-23)21(24)27-20(19)15-9-5-4-6-10-15/h4-12,18H,3,24H2,1-2H3. The first-order valence-corrected chi connectivity index (χ1v) is 8.67. The van der Waals surface area contributed by atoms with E-state index in [-0.39, 0.29) is 23.6 Å². The Hall–Kier alpha value is -3.52. The summed E-state index contributed by atoms with van der Waals surface area (Å²) in [5, 5.41) is 9.71. The molecule has 5 nitrogen and oxygen atoms in total. The molecule has 0 aliphatic carbocycles. The van der Waals surface area contributed by atoms with Crippen LogP contribution in [0, 0.1) is 18.3 Å². The van der Waals surface area contributed by atoms with Crippen molar-refractivity contribution < 1.29 is 14.3 Å². The molecular formula is C22H20N2O3. The van der Waals surface area contributed by atoms with Crippen molar-refractivity contribution in [3.05, 3.63) is 88.3 Å². The summed E-state index contributed by atoms with van der Waals surface area (Å²) in [6.45, 7) is 3.90. The van der Waals surface area contributed by atoms with E-state index in [1.807, 2.05) is 61.5 Å². The van der Waals surface area contributed by atoms with E-state index in [1.54, 1.807) is 6.92 Å². The normalized spacial score (nSPS) is 16.6. The Morgan fingerprint density at radius 2 is 1.96 bits per heavy atom. The van der Waals surface area contributed by atoms with Gasteiger partial charge < -0.3 is 15.2 Å². The summed E-state index contributed by atoms with van der Waals surface area (Å²) in [6, 6.07) is 19.0. The van der Waals surface area contributed by atoms with Gasteiger partial charge in [-0.3, -0.25) is 0 Å². The fourth-order valence-corrected chi connectivity index (χ4v) is 3.16. The molecule has 1 aliphatic heterocycles. The number of allylic oxidation sites excluding steroid dienone is 1. The summed E-state index contributed by atoms with van der Waals surface area (Å²) in [6.07, 6.45) is 0. The van der Waals surface area contributed by atoms with Crippen molar-refractivity contribution in [3.8, 4) is 6.07 Å². The second-order valence-corrected chi connectivity index (χ2v) is 6.17. The zero-order valence-corrected chi connectivity index (χ0v) is 15.2. The molecule has 136 valence electrons. The predicted octanol–water partition coefficient (Wildman–Crippen LogP) is 3.78. The highest BCUT2D eigenvalue weighted by atomic mass is 16.5. The minimum Gasteiger partial charge on any atom is -0.463 e. The average Bonchev–Trinajstić information content (AvgIpc) is 2.68. The minimum absolute atomic E-state index is 0.00379. The molecule has 5 heteroatoms. The maximum absolute atomic E-state index is 12.9. The Labute approximate surface area is 158 Å². The molecule has 2 aromatic rings. The predicted molar refractivity (Wildman–Crippen MR) is 102 cm³/mol. The average molecular weight is 360 g/mol. The topological polar surface area (TPSA) is 85.3 Å². The quantitative estimate of drug-likeness (QED) is 0.839. The highest BCUT2D eigenvalue weighted by molar-refractivity contribution is 5.99. The summed E-state index contributed by atoms with van der Waals surface area (Å²) < 4.78 is 11.0. The molecule has 3 rings (SSSR count). The number of nitrogens with zero attached hydrogens (tertiary/aromatic N) is 1. The molecule has 0 aromatic heterocycles. The number of benzene rings is 2. The SMILES string of the molecule is CCOC(=O)C1=C(c2ccccc2)OC(N)=C(C#N)C1c1cccc(C)c1. The van der Waals surface area contributed by atoms with Gasteiger partial charge in [0, 0.05) is 5.56 Å². The van der Waals surface area contributed by atoms with Gasteiger partial charge in [0.15, 0.2) is 0 Å². The summed E-state index contributed by atoms with van der Waals surface area (Å²) in [5.74, 6) is -0.867. The smallest absolute Gasteiger partial charge is 0.338 e. The monoisotopic (exact) mass is 360 g/mol. The van der Waals surface area contributed by atoms with Gasteiger partial charge in [-0.1, -0.05) is 60.2 Å². The first-order chi connectivity index (χ1) is 13.1. The summed E-state index contributed by atoms with van der Waals surface area (Å²) >= 11 is 0. The van der Waals surface area contributed by atoms with Gasteiger partial charge in [-0.15, -0.1) is 0 Å². The van der Waals surface area contributed by atoms with Crippen molar-refractivity contribution in [2.75, 3.05) is 6.61 Å².